The van der Waals surface area contributed by atoms with Gasteiger partial charge in [0.05, 0.1) is 0 Å². The first kappa shape index (κ1) is 28.5. The van der Waals surface area contributed by atoms with Gasteiger partial charge in [0.2, 0.25) is 0 Å². The highest BCUT2D eigenvalue weighted by atomic mass is 16.5. The zero-order valence-corrected chi connectivity index (χ0v) is 22.5. The van der Waals surface area contributed by atoms with Crippen LogP contribution in [0.5, 0.6) is 5.75 Å². The van der Waals surface area contributed by atoms with Crippen LogP contribution in [-0.2, 0) is 13.0 Å². The number of rotatable bonds is 20. The Morgan fingerprint density at radius 1 is 0.568 bits per heavy atom. The molecule has 0 aliphatic rings. The van der Waals surface area contributed by atoms with Gasteiger partial charge in [0.25, 0.3) is 0 Å². The maximum atomic E-state index is 10.7. The predicted octanol–water partition coefficient (Wildman–Crippen LogP) is 9.41. The number of unbranched alkanes of at least 4 members (excludes halogenated alkanes) is 11. The van der Waals surface area contributed by atoms with Crippen LogP contribution in [-0.4, -0.2) is 12.8 Å². The fourth-order valence-electron chi connectivity index (χ4n) is 4.63. The van der Waals surface area contributed by atoms with Gasteiger partial charge in [0.15, 0.2) is 0 Å². The Hall–Kier alpha value is -3.07. The Bertz CT molecular complexity index is 967. The Kier molecular flexibility index (Phi) is 14.0. The van der Waals surface area contributed by atoms with E-state index >= 15 is 0 Å². The summed E-state index contributed by atoms with van der Waals surface area (Å²) in [6, 6.07) is 26.6. The monoisotopic (exact) mass is 499 g/mol. The number of aldehydes is 1. The molecular formula is C34H45NO2. The largest absolute Gasteiger partial charge is 0.489 e. The maximum absolute atomic E-state index is 10.7. The van der Waals surface area contributed by atoms with Crippen molar-refractivity contribution in [3.63, 3.8) is 0 Å². The van der Waals surface area contributed by atoms with Gasteiger partial charge in [-0.1, -0.05) is 107 Å². The number of benzene rings is 3. The average Bonchev–Trinajstić information content (AvgIpc) is 2.95. The lowest BCUT2D eigenvalue weighted by Gasteiger charge is -2.08. The van der Waals surface area contributed by atoms with Gasteiger partial charge in [-0.05, 0) is 66.8 Å². The molecule has 0 bridgehead atoms. The van der Waals surface area contributed by atoms with E-state index in [-0.39, 0.29) is 0 Å². The molecular weight excluding hydrogens is 454 g/mol. The number of ether oxygens (including phenoxy) is 1. The first-order chi connectivity index (χ1) is 18.3. The van der Waals surface area contributed by atoms with E-state index < -0.39 is 0 Å². The molecule has 0 aliphatic carbocycles. The second-order valence-electron chi connectivity index (χ2n) is 10.1. The summed E-state index contributed by atoms with van der Waals surface area (Å²) in [5.74, 6) is 0.948. The number of nitrogens with one attached hydrogen (secondary N) is 1. The van der Waals surface area contributed by atoms with E-state index in [0.717, 1.165) is 29.8 Å². The van der Waals surface area contributed by atoms with Gasteiger partial charge in [0.1, 0.15) is 18.6 Å². The van der Waals surface area contributed by atoms with E-state index in [1.807, 2.05) is 42.5 Å². The minimum absolute atomic E-state index is 0.624. The minimum Gasteiger partial charge on any atom is -0.489 e. The highest BCUT2D eigenvalue weighted by Gasteiger charge is 1.99. The van der Waals surface area contributed by atoms with Crippen molar-refractivity contribution in [3.8, 4) is 5.75 Å². The van der Waals surface area contributed by atoms with Gasteiger partial charge < -0.3 is 10.1 Å². The molecule has 0 aliphatic heterocycles. The van der Waals surface area contributed by atoms with Crippen LogP contribution in [0.2, 0.25) is 0 Å². The Morgan fingerprint density at radius 2 is 1.14 bits per heavy atom. The molecule has 0 unspecified atom stereocenters. The summed E-state index contributed by atoms with van der Waals surface area (Å²) in [5.41, 5.74) is 4.45. The van der Waals surface area contributed by atoms with Gasteiger partial charge in [-0.3, -0.25) is 4.79 Å². The van der Waals surface area contributed by atoms with Crippen LogP contribution in [0.1, 0.15) is 98.5 Å². The van der Waals surface area contributed by atoms with Gasteiger partial charge >= 0.3 is 0 Å². The third kappa shape index (κ3) is 12.6. The van der Waals surface area contributed by atoms with E-state index in [9.17, 15) is 4.79 Å². The molecule has 37 heavy (non-hydrogen) atoms. The van der Waals surface area contributed by atoms with Crippen LogP contribution in [0.4, 0.5) is 5.69 Å². The average molecular weight is 500 g/mol. The second kappa shape index (κ2) is 18.2. The van der Waals surface area contributed by atoms with E-state index in [1.165, 1.54) is 94.6 Å². The molecule has 3 aromatic rings. The normalized spacial score (nSPS) is 10.8. The Labute approximate surface area is 224 Å². The minimum atomic E-state index is 0.624. The lowest BCUT2D eigenvalue weighted by Crippen LogP contribution is -2.01. The molecule has 0 atom stereocenters. The van der Waals surface area contributed by atoms with Crippen LogP contribution in [0.3, 0.4) is 0 Å². The second-order valence-corrected chi connectivity index (χ2v) is 10.1. The number of anilines is 1. The quantitative estimate of drug-likeness (QED) is 0.124. The molecule has 0 radical (unpaired) electrons. The van der Waals surface area contributed by atoms with Crippen molar-refractivity contribution in [2.24, 2.45) is 0 Å². The first-order valence-electron chi connectivity index (χ1n) is 14.4. The van der Waals surface area contributed by atoms with E-state index in [1.54, 1.807) is 0 Å². The Morgan fingerprint density at radius 3 is 1.73 bits per heavy atom. The van der Waals surface area contributed by atoms with Gasteiger partial charge in [0, 0.05) is 17.8 Å². The zero-order valence-electron chi connectivity index (χ0n) is 22.5. The number of hydrogen-bond acceptors (Lipinski definition) is 3. The molecule has 198 valence electrons. The molecule has 0 aromatic heterocycles. The number of hydrogen-bond donors (Lipinski definition) is 1. The topological polar surface area (TPSA) is 38.3 Å². The molecule has 3 aromatic carbocycles. The molecule has 0 amide bonds. The summed E-state index contributed by atoms with van der Waals surface area (Å²) >= 11 is 0. The van der Waals surface area contributed by atoms with E-state index in [2.05, 4.69) is 41.7 Å². The number of carbonyl (C=O) groups is 1. The van der Waals surface area contributed by atoms with Crippen molar-refractivity contribution >= 4 is 12.0 Å². The standard InChI is InChI=1S/C34H45NO2/c36-28-31-19-23-33(24-20-31)35-27-15-10-8-6-4-2-1-3-5-7-9-12-16-30-21-25-34(26-22-30)37-29-32-17-13-11-14-18-32/h11,13-14,17-26,28,35H,1-10,12,15-16,27,29H2. The zero-order chi connectivity index (χ0) is 25.8. The lowest BCUT2D eigenvalue weighted by atomic mass is 10.0. The summed E-state index contributed by atoms with van der Waals surface area (Å²) in [5, 5.41) is 3.44. The predicted molar refractivity (Wildman–Crippen MR) is 157 cm³/mol. The lowest BCUT2D eigenvalue weighted by molar-refractivity contribution is 0.112. The molecule has 3 nitrogen and oxygen atoms in total. The first-order valence-corrected chi connectivity index (χ1v) is 14.4. The summed E-state index contributed by atoms with van der Waals surface area (Å²) in [7, 11) is 0. The molecule has 0 heterocycles. The van der Waals surface area contributed by atoms with Crippen molar-refractivity contribution in [1.29, 1.82) is 0 Å². The number of aryl methyl sites for hydroxylation is 1. The van der Waals surface area contributed by atoms with Crippen molar-refractivity contribution in [2.45, 2.75) is 90.1 Å². The highest BCUT2D eigenvalue weighted by molar-refractivity contribution is 5.75. The van der Waals surface area contributed by atoms with Crippen LogP contribution < -0.4 is 10.1 Å². The van der Waals surface area contributed by atoms with Gasteiger partial charge in [-0.15, -0.1) is 0 Å². The molecule has 0 saturated heterocycles. The molecule has 3 rings (SSSR count). The summed E-state index contributed by atoms with van der Waals surface area (Å²) in [6.07, 6.45) is 18.2. The van der Waals surface area contributed by atoms with Gasteiger partial charge in [-0.2, -0.15) is 0 Å². The van der Waals surface area contributed by atoms with E-state index in [0.29, 0.717) is 6.61 Å². The van der Waals surface area contributed by atoms with Crippen LogP contribution in [0.15, 0.2) is 78.9 Å². The van der Waals surface area contributed by atoms with Crippen LogP contribution >= 0.6 is 0 Å². The van der Waals surface area contributed by atoms with Crippen molar-refractivity contribution in [1.82, 2.24) is 0 Å². The highest BCUT2D eigenvalue weighted by Crippen LogP contribution is 2.17. The smallest absolute Gasteiger partial charge is 0.150 e. The van der Waals surface area contributed by atoms with Crippen molar-refractivity contribution in [2.75, 3.05) is 11.9 Å². The summed E-state index contributed by atoms with van der Waals surface area (Å²) in [6.45, 7) is 1.63. The van der Waals surface area contributed by atoms with E-state index in [4.69, 9.17) is 4.74 Å². The van der Waals surface area contributed by atoms with Crippen molar-refractivity contribution < 1.29 is 9.53 Å². The fraction of sp³-hybridized carbons (Fsp3) is 0.441. The molecule has 1 N–H and O–H groups in total. The van der Waals surface area contributed by atoms with Crippen LogP contribution in [0.25, 0.3) is 0 Å². The molecule has 3 heteroatoms. The Balaban J connectivity index is 1.07. The maximum Gasteiger partial charge on any atom is 0.150 e. The fourth-order valence-corrected chi connectivity index (χ4v) is 4.63. The van der Waals surface area contributed by atoms with Crippen molar-refractivity contribution in [3.05, 3.63) is 95.6 Å². The molecule has 0 spiro atoms. The third-order valence-electron chi connectivity index (χ3n) is 6.94. The molecule has 0 fully saturated rings. The molecule has 0 saturated carbocycles. The number of carbonyl (C=O) groups excluding carboxylic acids is 1. The summed E-state index contributed by atoms with van der Waals surface area (Å²) < 4.78 is 5.88. The SMILES string of the molecule is O=Cc1ccc(NCCCCCCCCCCCCCCc2ccc(OCc3ccccc3)cc2)cc1. The van der Waals surface area contributed by atoms with Gasteiger partial charge in [-0.25, -0.2) is 0 Å². The summed E-state index contributed by atoms with van der Waals surface area (Å²) in [4.78, 5) is 10.7. The van der Waals surface area contributed by atoms with Crippen LogP contribution in [0, 0.1) is 0 Å². The third-order valence-corrected chi connectivity index (χ3v) is 6.94.